The van der Waals surface area contributed by atoms with Crippen molar-refractivity contribution in [3.05, 3.63) is 12.7 Å². The molecule has 0 aliphatic carbocycles. The zero-order valence-corrected chi connectivity index (χ0v) is 9.41. The molecule has 0 bridgehead atoms. The number of allylic oxidation sites excluding steroid dienone is 1. The van der Waals surface area contributed by atoms with Crippen LogP contribution in [0.4, 0.5) is 0 Å². The fourth-order valence-corrected chi connectivity index (χ4v) is 1.06. The van der Waals surface area contributed by atoms with Gasteiger partial charge in [0.15, 0.2) is 0 Å². The van der Waals surface area contributed by atoms with Crippen molar-refractivity contribution in [3.8, 4) is 0 Å². The summed E-state index contributed by atoms with van der Waals surface area (Å²) in [5, 5.41) is 0. The summed E-state index contributed by atoms with van der Waals surface area (Å²) in [6.45, 7) is 15.4. The summed E-state index contributed by atoms with van der Waals surface area (Å²) in [5.41, 5.74) is 0.851. The van der Waals surface area contributed by atoms with Crippen LogP contribution in [0.15, 0.2) is 12.7 Å². The van der Waals surface area contributed by atoms with Crippen LogP contribution in [-0.4, -0.2) is 0 Å². The van der Waals surface area contributed by atoms with E-state index in [4.69, 9.17) is 0 Å². The second-order valence-corrected chi connectivity index (χ2v) is 5.31. The lowest BCUT2D eigenvalue weighted by atomic mass is 9.67. The minimum absolute atomic E-state index is 0.411. The maximum absolute atomic E-state index is 3.74. The molecule has 0 aliphatic heterocycles. The first-order valence-corrected chi connectivity index (χ1v) is 4.92. The molecule has 0 heterocycles. The SMILES string of the molecule is C=CCCCC(C)(C)C(C)(C)C. The highest BCUT2D eigenvalue weighted by Gasteiger charge is 2.31. The highest BCUT2D eigenvalue weighted by atomic mass is 14.4. The largest absolute Gasteiger partial charge is 0.103 e. The Kier molecular flexibility index (Phi) is 4.02. The molecule has 12 heavy (non-hydrogen) atoms. The molecule has 0 heteroatoms. The van der Waals surface area contributed by atoms with Crippen molar-refractivity contribution in [3.63, 3.8) is 0 Å². The Morgan fingerprint density at radius 1 is 1.08 bits per heavy atom. The lowest BCUT2D eigenvalue weighted by molar-refractivity contribution is 0.117. The molecule has 0 nitrogen and oxygen atoms in total. The molecule has 0 aromatic carbocycles. The van der Waals surface area contributed by atoms with Gasteiger partial charge < -0.3 is 0 Å². The second kappa shape index (κ2) is 4.11. The second-order valence-electron chi connectivity index (χ2n) is 5.31. The van der Waals surface area contributed by atoms with Gasteiger partial charge in [-0.2, -0.15) is 0 Å². The topological polar surface area (TPSA) is 0 Å². The third-order valence-electron chi connectivity index (χ3n) is 3.24. The number of hydrogen-bond donors (Lipinski definition) is 0. The van der Waals surface area contributed by atoms with E-state index in [-0.39, 0.29) is 0 Å². The minimum Gasteiger partial charge on any atom is -0.103 e. The van der Waals surface area contributed by atoms with Crippen LogP contribution in [0.2, 0.25) is 0 Å². The minimum atomic E-state index is 0.411. The molecule has 0 rings (SSSR count). The standard InChI is InChI=1S/C12H24/c1-7-8-9-10-12(5,6)11(2,3)4/h7H,1,8-10H2,2-6H3. The maximum Gasteiger partial charge on any atom is -0.0305 e. The van der Waals surface area contributed by atoms with Gasteiger partial charge in [-0.05, 0) is 30.1 Å². The van der Waals surface area contributed by atoms with Crippen LogP contribution in [0.1, 0.15) is 53.9 Å². The summed E-state index contributed by atoms with van der Waals surface area (Å²) in [6, 6.07) is 0. The predicted molar refractivity (Wildman–Crippen MR) is 57.3 cm³/mol. The maximum atomic E-state index is 3.74. The molecule has 0 aromatic heterocycles. The van der Waals surface area contributed by atoms with Crippen molar-refractivity contribution < 1.29 is 0 Å². The third-order valence-corrected chi connectivity index (χ3v) is 3.24. The van der Waals surface area contributed by atoms with Gasteiger partial charge in [-0.25, -0.2) is 0 Å². The average molecular weight is 168 g/mol. The highest BCUT2D eigenvalue weighted by Crippen LogP contribution is 2.41. The van der Waals surface area contributed by atoms with Crippen LogP contribution in [0, 0.1) is 10.8 Å². The van der Waals surface area contributed by atoms with Crippen molar-refractivity contribution in [1.29, 1.82) is 0 Å². The normalized spacial score (nSPS) is 13.1. The molecular weight excluding hydrogens is 144 g/mol. The van der Waals surface area contributed by atoms with E-state index in [1.54, 1.807) is 0 Å². The number of hydrogen-bond acceptors (Lipinski definition) is 0. The monoisotopic (exact) mass is 168 g/mol. The van der Waals surface area contributed by atoms with E-state index in [1.807, 2.05) is 6.08 Å². The van der Waals surface area contributed by atoms with Crippen LogP contribution < -0.4 is 0 Å². The Bertz CT molecular complexity index is 135. The van der Waals surface area contributed by atoms with Crippen molar-refractivity contribution in [2.45, 2.75) is 53.9 Å². The molecule has 0 radical (unpaired) electrons. The van der Waals surface area contributed by atoms with E-state index < -0.39 is 0 Å². The fraction of sp³-hybridized carbons (Fsp3) is 0.833. The average Bonchev–Trinajstić information content (AvgIpc) is 1.85. The first-order valence-electron chi connectivity index (χ1n) is 4.92. The van der Waals surface area contributed by atoms with Crippen LogP contribution in [0.5, 0.6) is 0 Å². The third kappa shape index (κ3) is 3.42. The Morgan fingerprint density at radius 3 is 1.92 bits per heavy atom. The molecular formula is C12H24. The van der Waals surface area contributed by atoms with Gasteiger partial charge in [0.05, 0.1) is 0 Å². The summed E-state index contributed by atoms with van der Waals surface area (Å²) in [4.78, 5) is 0. The van der Waals surface area contributed by atoms with Gasteiger partial charge in [0.25, 0.3) is 0 Å². The fourth-order valence-electron chi connectivity index (χ4n) is 1.06. The van der Waals surface area contributed by atoms with Crippen molar-refractivity contribution in [1.82, 2.24) is 0 Å². The molecule has 0 saturated heterocycles. The van der Waals surface area contributed by atoms with E-state index >= 15 is 0 Å². The molecule has 72 valence electrons. The molecule has 0 N–H and O–H groups in total. The summed E-state index contributed by atoms with van der Waals surface area (Å²) in [6.07, 6.45) is 5.73. The lowest BCUT2D eigenvalue weighted by Crippen LogP contribution is -2.29. The zero-order chi connectivity index (χ0) is 9.83. The van der Waals surface area contributed by atoms with E-state index in [1.165, 1.54) is 12.8 Å². The number of rotatable bonds is 4. The zero-order valence-electron chi connectivity index (χ0n) is 9.41. The molecule has 0 aliphatic rings. The van der Waals surface area contributed by atoms with Gasteiger partial charge in [0, 0.05) is 0 Å². The molecule has 0 aromatic rings. The summed E-state index contributed by atoms with van der Waals surface area (Å²) in [7, 11) is 0. The molecule has 0 amide bonds. The van der Waals surface area contributed by atoms with Gasteiger partial charge in [-0.3, -0.25) is 0 Å². The Labute approximate surface area is 78.1 Å². The number of unbranched alkanes of at least 4 members (excludes halogenated alkanes) is 1. The predicted octanol–water partition coefficient (Wildman–Crippen LogP) is 4.42. The Balaban J connectivity index is 3.95. The quantitative estimate of drug-likeness (QED) is 0.431. The van der Waals surface area contributed by atoms with Gasteiger partial charge in [0.2, 0.25) is 0 Å². The highest BCUT2D eigenvalue weighted by molar-refractivity contribution is 4.83. The van der Waals surface area contributed by atoms with Gasteiger partial charge in [-0.15, -0.1) is 6.58 Å². The van der Waals surface area contributed by atoms with Gasteiger partial charge >= 0.3 is 0 Å². The van der Waals surface area contributed by atoms with E-state index in [9.17, 15) is 0 Å². The molecule has 0 saturated carbocycles. The van der Waals surface area contributed by atoms with E-state index in [2.05, 4.69) is 41.2 Å². The van der Waals surface area contributed by atoms with Gasteiger partial charge in [0.1, 0.15) is 0 Å². The van der Waals surface area contributed by atoms with Crippen LogP contribution in [0.3, 0.4) is 0 Å². The van der Waals surface area contributed by atoms with E-state index in [0.29, 0.717) is 10.8 Å². The molecule has 0 fully saturated rings. The van der Waals surface area contributed by atoms with Crippen molar-refractivity contribution in [2.24, 2.45) is 10.8 Å². The lowest BCUT2D eigenvalue weighted by Gasteiger charge is -2.39. The van der Waals surface area contributed by atoms with Crippen molar-refractivity contribution in [2.75, 3.05) is 0 Å². The first kappa shape index (κ1) is 11.7. The Hall–Kier alpha value is -0.260. The molecule has 0 atom stereocenters. The van der Waals surface area contributed by atoms with Crippen LogP contribution >= 0.6 is 0 Å². The summed E-state index contributed by atoms with van der Waals surface area (Å²) >= 11 is 0. The van der Waals surface area contributed by atoms with E-state index in [0.717, 1.165) is 6.42 Å². The smallest absolute Gasteiger partial charge is 0.0305 e. The van der Waals surface area contributed by atoms with Crippen molar-refractivity contribution >= 4 is 0 Å². The molecule has 0 unspecified atom stereocenters. The van der Waals surface area contributed by atoms with Gasteiger partial charge in [-0.1, -0.05) is 40.7 Å². The summed E-state index contributed by atoms with van der Waals surface area (Å²) < 4.78 is 0. The first-order chi connectivity index (χ1) is 5.31. The molecule has 0 spiro atoms. The summed E-state index contributed by atoms with van der Waals surface area (Å²) in [5.74, 6) is 0. The Morgan fingerprint density at radius 2 is 1.58 bits per heavy atom. The van der Waals surface area contributed by atoms with Crippen LogP contribution in [0.25, 0.3) is 0 Å². The van der Waals surface area contributed by atoms with Crippen LogP contribution in [-0.2, 0) is 0 Å².